The van der Waals surface area contributed by atoms with Crippen molar-refractivity contribution in [2.24, 2.45) is 0 Å². The highest BCUT2D eigenvalue weighted by atomic mass is 16.3. The third-order valence-corrected chi connectivity index (χ3v) is 10.1. The predicted octanol–water partition coefficient (Wildman–Crippen LogP) is 11.0. The minimum Gasteiger partial charge on any atom is -0.438 e. The maximum Gasteiger partial charge on any atom is 0.228 e. The van der Waals surface area contributed by atoms with Crippen LogP contribution < -0.4 is 0 Å². The van der Waals surface area contributed by atoms with E-state index in [-0.39, 0.29) is 5.41 Å². The van der Waals surface area contributed by atoms with Crippen LogP contribution in [0.4, 0.5) is 0 Å². The molecule has 8 aromatic rings. The second-order valence-corrected chi connectivity index (χ2v) is 13.4. The molecule has 0 fully saturated rings. The molecule has 5 nitrogen and oxygen atoms in total. The molecule has 0 aliphatic heterocycles. The van der Waals surface area contributed by atoms with Crippen molar-refractivity contribution in [1.82, 2.24) is 19.9 Å². The first-order valence-electron chi connectivity index (χ1n) is 16.7. The van der Waals surface area contributed by atoms with Crippen LogP contribution in [0.2, 0.25) is 0 Å². The van der Waals surface area contributed by atoms with Gasteiger partial charge in [-0.15, -0.1) is 0 Å². The quantitative estimate of drug-likeness (QED) is 0.194. The van der Waals surface area contributed by atoms with Crippen LogP contribution in [0.5, 0.6) is 0 Å². The second kappa shape index (κ2) is 10.4. The van der Waals surface area contributed by atoms with E-state index in [0.29, 0.717) is 23.2 Å². The smallest absolute Gasteiger partial charge is 0.228 e. The van der Waals surface area contributed by atoms with Crippen LogP contribution in [0.25, 0.3) is 83.6 Å². The Bertz CT molecular complexity index is 2730. The summed E-state index contributed by atoms with van der Waals surface area (Å²) < 4.78 is 6.29. The summed E-state index contributed by atoms with van der Waals surface area (Å²) in [4.78, 5) is 20.3. The number of furan rings is 1. The summed E-state index contributed by atoms with van der Waals surface area (Å²) in [6.45, 7) is 4.59. The van der Waals surface area contributed by atoms with E-state index in [2.05, 4.69) is 129 Å². The van der Waals surface area contributed by atoms with Crippen LogP contribution in [0, 0.1) is 0 Å². The molecule has 0 saturated carbocycles. The molecule has 0 N–H and O–H groups in total. The SMILES string of the molecule is CC1(C)c2ccccc2-c2ccc(-c3nc(C4=CCC=C4)nc(-c4cccc(-c5nc6oc7ccccc7c6c6ccccc56)c4)n3)cc21. The van der Waals surface area contributed by atoms with E-state index in [4.69, 9.17) is 24.4 Å². The number of rotatable bonds is 4. The molecule has 0 amide bonds. The molecular weight excluding hydrogens is 601 g/mol. The molecule has 5 aromatic carbocycles. The zero-order valence-electron chi connectivity index (χ0n) is 27.1. The van der Waals surface area contributed by atoms with Gasteiger partial charge in [0.05, 0.1) is 11.1 Å². The molecule has 49 heavy (non-hydrogen) atoms. The van der Waals surface area contributed by atoms with E-state index in [9.17, 15) is 0 Å². The molecule has 2 aliphatic carbocycles. The molecule has 5 heteroatoms. The zero-order chi connectivity index (χ0) is 32.7. The van der Waals surface area contributed by atoms with Crippen molar-refractivity contribution in [3.8, 4) is 45.2 Å². The van der Waals surface area contributed by atoms with Crippen LogP contribution in [0.3, 0.4) is 0 Å². The lowest BCUT2D eigenvalue weighted by Gasteiger charge is -2.21. The van der Waals surface area contributed by atoms with E-state index in [1.165, 1.54) is 22.3 Å². The lowest BCUT2D eigenvalue weighted by Crippen LogP contribution is -2.15. The van der Waals surface area contributed by atoms with Gasteiger partial charge in [-0.2, -0.15) is 0 Å². The maximum atomic E-state index is 6.29. The second-order valence-electron chi connectivity index (χ2n) is 13.4. The minimum absolute atomic E-state index is 0.123. The number of hydrogen-bond acceptors (Lipinski definition) is 5. The Morgan fingerprint density at radius 1 is 0.571 bits per heavy atom. The maximum absolute atomic E-state index is 6.29. The van der Waals surface area contributed by atoms with Crippen molar-refractivity contribution >= 4 is 38.4 Å². The molecule has 0 saturated heterocycles. The topological polar surface area (TPSA) is 64.7 Å². The Kier molecular flexibility index (Phi) is 5.91. The minimum atomic E-state index is -0.123. The molecular formula is C44H30N4O. The van der Waals surface area contributed by atoms with Crippen molar-refractivity contribution in [2.45, 2.75) is 25.7 Å². The number of benzene rings is 5. The van der Waals surface area contributed by atoms with Gasteiger partial charge in [-0.3, -0.25) is 0 Å². The van der Waals surface area contributed by atoms with Crippen LogP contribution in [0.15, 0.2) is 138 Å². The van der Waals surface area contributed by atoms with Crippen LogP contribution >= 0.6 is 0 Å². The number of pyridine rings is 1. The Morgan fingerprint density at radius 2 is 1.27 bits per heavy atom. The molecule has 0 bridgehead atoms. The van der Waals surface area contributed by atoms with Gasteiger partial charge in [0.25, 0.3) is 0 Å². The summed E-state index contributed by atoms with van der Waals surface area (Å²) >= 11 is 0. The third kappa shape index (κ3) is 4.25. The zero-order valence-corrected chi connectivity index (χ0v) is 27.1. The Labute approximate surface area is 283 Å². The van der Waals surface area contributed by atoms with Crippen molar-refractivity contribution in [2.75, 3.05) is 0 Å². The van der Waals surface area contributed by atoms with Crippen molar-refractivity contribution in [3.63, 3.8) is 0 Å². The normalized spacial score (nSPS) is 14.4. The van der Waals surface area contributed by atoms with Gasteiger partial charge < -0.3 is 4.42 Å². The highest BCUT2D eigenvalue weighted by Crippen LogP contribution is 2.49. The van der Waals surface area contributed by atoms with Crippen molar-refractivity contribution in [1.29, 1.82) is 0 Å². The number of nitrogens with zero attached hydrogens (tertiary/aromatic N) is 4. The molecule has 0 radical (unpaired) electrons. The Balaban J connectivity index is 1.14. The van der Waals surface area contributed by atoms with Gasteiger partial charge in [-0.1, -0.05) is 129 Å². The molecule has 3 heterocycles. The largest absolute Gasteiger partial charge is 0.438 e. The molecule has 0 spiro atoms. The lowest BCUT2D eigenvalue weighted by molar-refractivity contribution is 0.655. The summed E-state index contributed by atoms with van der Waals surface area (Å²) in [6.07, 6.45) is 7.27. The molecule has 2 aliphatic rings. The number of para-hydroxylation sites is 1. The number of aromatic nitrogens is 4. The van der Waals surface area contributed by atoms with E-state index in [1.807, 2.05) is 18.2 Å². The summed E-state index contributed by atoms with van der Waals surface area (Å²) in [6, 6.07) is 40.2. The monoisotopic (exact) mass is 630 g/mol. The van der Waals surface area contributed by atoms with Crippen LogP contribution in [-0.4, -0.2) is 19.9 Å². The fraction of sp³-hybridized carbons (Fsp3) is 0.0909. The molecule has 232 valence electrons. The van der Waals surface area contributed by atoms with Crippen molar-refractivity contribution in [3.05, 3.63) is 150 Å². The van der Waals surface area contributed by atoms with E-state index in [1.54, 1.807) is 0 Å². The van der Waals surface area contributed by atoms with Crippen LogP contribution in [0.1, 0.15) is 37.2 Å². The first-order chi connectivity index (χ1) is 24.0. The first kappa shape index (κ1) is 27.9. The van der Waals surface area contributed by atoms with Gasteiger partial charge in [-0.25, -0.2) is 19.9 Å². The molecule has 0 unspecified atom stereocenters. The predicted molar refractivity (Wildman–Crippen MR) is 198 cm³/mol. The molecule has 3 aromatic heterocycles. The summed E-state index contributed by atoms with van der Waals surface area (Å²) in [7, 11) is 0. The van der Waals surface area contributed by atoms with Gasteiger partial charge in [0, 0.05) is 38.5 Å². The van der Waals surface area contributed by atoms with Crippen molar-refractivity contribution < 1.29 is 4.42 Å². The Morgan fingerprint density at radius 3 is 2.10 bits per heavy atom. The van der Waals surface area contributed by atoms with E-state index < -0.39 is 0 Å². The van der Waals surface area contributed by atoms with Crippen LogP contribution in [-0.2, 0) is 5.41 Å². The molecule has 10 rings (SSSR count). The third-order valence-electron chi connectivity index (χ3n) is 10.1. The summed E-state index contributed by atoms with van der Waals surface area (Å²) in [5.74, 6) is 1.96. The fourth-order valence-electron chi connectivity index (χ4n) is 7.70. The van der Waals surface area contributed by atoms with Gasteiger partial charge in [0.2, 0.25) is 5.71 Å². The highest BCUT2D eigenvalue weighted by Gasteiger charge is 2.35. The van der Waals surface area contributed by atoms with Gasteiger partial charge in [0.15, 0.2) is 17.5 Å². The Hall–Kier alpha value is -6.20. The number of allylic oxidation sites excluding steroid dienone is 4. The average molecular weight is 631 g/mol. The standard InChI is InChI=1S/C44H30N4O/c1-44(2)35-20-9-7-16-30(35)31-23-22-29(25-36(31)44)42-47-40(26-12-3-4-13-26)46-41(48-42)28-15-11-14-27(24-28)39-33-18-6-5-17-32(33)38-34-19-8-10-21-37(34)49-43(38)45-39/h3,5-25H,4H2,1-2H3. The number of fused-ring (bicyclic) bond motifs is 8. The highest BCUT2D eigenvalue weighted by molar-refractivity contribution is 6.20. The van der Waals surface area contributed by atoms with Gasteiger partial charge >= 0.3 is 0 Å². The summed E-state index contributed by atoms with van der Waals surface area (Å²) in [5.41, 5.74) is 11.3. The number of hydrogen-bond donors (Lipinski definition) is 0. The average Bonchev–Trinajstić information content (AvgIpc) is 3.88. The molecule has 0 atom stereocenters. The summed E-state index contributed by atoms with van der Waals surface area (Å²) in [5, 5.41) is 4.29. The van der Waals surface area contributed by atoms with E-state index >= 15 is 0 Å². The van der Waals surface area contributed by atoms with Gasteiger partial charge in [-0.05, 0) is 52.3 Å². The first-order valence-corrected chi connectivity index (χ1v) is 16.7. The van der Waals surface area contributed by atoms with E-state index in [0.717, 1.165) is 61.5 Å². The van der Waals surface area contributed by atoms with Gasteiger partial charge in [0.1, 0.15) is 5.58 Å². The fourth-order valence-corrected chi connectivity index (χ4v) is 7.70. The lowest BCUT2D eigenvalue weighted by atomic mass is 9.82.